The summed E-state index contributed by atoms with van der Waals surface area (Å²) in [7, 11) is 0. The van der Waals surface area contributed by atoms with E-state index in [1.165, 1.54) is 35.1 Å². The molecule has 0 N–H and O–H groups in total. The SMILES string of the molecule is C=C(C)/C(=C/C(=C)C(C)CCC)CCc1cccc(C)c1. The van der Waals surface area contributed by atoms with E-state index in [1.807, 2.05) is 0 Å². The number of allylic oxidation sites excluding steroid dienone is 4. The Hall–Kier alpha value is -1.56. The zero-order chi connectivity index (χ0) is 15.8. The van der Waals surface area contributed by atoms with Gasteiger partial charge in [0.05, 0.1) is 0 Å². The molecule has 114 valence electrons. The van der Waals surface area contributed by atoms with Crippen molar-refractivity contribution in [2.45, 2.75) is 53.4 Å². The summed E-state index contributed by atoms with van der Waals surface area (Å²) < 4.78 is 0. The summed E-state index contributed by atoms with van der Waals surface area (Å²) in [6.07, 6.45) is 6.78. The third-order valence-electron chi connectivity index (χ3n) is 4.03. The summed E-state index contributed by atoms with van der Waals surface area (Å²) in [6, 6.07) is 8.76. The molecule has 0 amide bonds. The molecule has 0 bridgehead atoms. The van der Waals surface area contributed by atoms with Crippen LogP contribution in [0.15, 0.2) is 60.2 Å². The van der Waals surface area contributed by atoms with Gasteiger partial charge in [-0.25, -0.2) is 0 Å². The molecule has 0 radical (unpaired) electrons. The van der Waals surface area contributed by atoms with Gasteiger partial charge in [-0.1, -0.05) is 80.5 Å². The molecule has 0 spiro atoms. The van der Waals surface area contributed by atoms with Crippen molar-refractivity contribution in [2.24, 2.45) is 5.92 Å². The maximum absolute atomic E-state index is 4.25. The predicted octanol–water partition coefficient (Wildman–Crippen LogP) is 6.42. The highest BCUT2D eigenvalue weighted by Gasteiger charge is 2.06. The Labute approximate surface area is 131 Å². The van der Waals surface area contributed by atoms with Crippen LogP contribution < -0.4 is 0 Å². The van der Waals surface area contributed by atoms with E-state index in [9.17, 15) is 0 Å². The molecule has 1 aromatic carbocycles. The van der Waals surface area contributed by atoms with E-state index in [2.05, 4.69) is 71.2 Å². The lowest BCUT2D eigenvalue weighted by Gasteiger charge is -2.14. The van der Waals surface area contributed by atoms with Gasteiger partial charge in [-0.15, -0.1) is 0 Å². The number of aryl methyl sites for hydroxylation is 2. The fourth-order valence-electron chi connectivity index (χ4n) is 2.54. The van der Waals surface area contributed by atoms with Crippen LogP contribution in [0.2, 0.25) is 0 Å². The first kappa shape index (κ1) is 17.5. The average molecular weight is 282 g/mol. The summed E-state index contributed by atoms with van der Waals surface area (Å²) >= 11 is 0. The minimum atomic E-state index is 0.559. The fraction of sp³-hybridized carbons (Fsp3) is 0.429. The standard InChI is InChI=1S/C21H30/c1-7-9-18(5)19(6)15-21(16(2)3)13-12-20-11-8-10-17(4)14-20/h8,10-11,14-15,18H,2,6-7,9,12-13H2,1,3-5H3/b21-15+. The third-order valence-corrected chi connectivity index (χ3v) is 4.03. The van der Waals surface area contributed by atoms with Crippen molar-refractivity contribution in [2.75, 3.05) is 0 Å². The zero-order valence-corrected chi connectivity index (χ0v) is 14.2. The quantitative estimate of drug-likeness (QED) is 0.482. The van der Waals surface area contributed by atoms with Gasteiger partial charge in [-0.2, -0.15) is 0 Å². The summed E-state index contributed by atoms with van der Waals surface area (Å²) in [6.45, 7) is 17.1. The van der Waals surface area contributed by atoms with E-state index < -0.39 is 0 Å². The maximum Gasteiger partial charge on any atom is -0.0196 e. The molecule has 1 unspecified atom stereocenters. The van der Waals surface area contributed by atoms with Gasteiger partial charge in [0, 0.05) is 0 Å². The lowest BCUT2D eigenvalue weighted by atomic mass is 9.92. The first-order chi connectivity index (χ1) is 9.93. The predicted molar refractivity (Wildman–Crippen MR) is 95.6 cm³/mol. The van der Waals surface area contributed by atoms with Crippen LogP contribution in [-0.2, 0) is 6.42 Å². The molecule has 0 aliphatic carbocycles. The van der Waals surface area contributed by atoms with Crippen molar-refractivity contribution in [3.05, 3.63) is 71.3 Å². The molecule has 0 aromatic heterocycles. The van der Waals surface area contributed by atoms with Crippen molar-refractivity contribution >= 4 is 0 Å². The Morgan fingerprint density at radius 3 is 2.57 bits per heavy atom. The van der Waals surface area contributed by atoms with Gasteiger partial charge in [0.1, 0.15) is 0 Å². The lowest BCUT2D eigenvalue weighted by Crippen LogP contribution is -1.98. The molecule has 0 heteroatoms. The van der Waals surface area contributed by atoms with Crippen LogP contribution >= 0.6 is 0 Å². The molecule has 0 nitrogen and oxygen atoms in total. The molecule has 21 heavy (non-hydrogen) atoms. The van der Waals surface area contributed by atoms with Gasteiger partial charge in [0.2, 0.25) is 0 Å². The van der Waals surface area contributed by atoms with Crippen molar-refractivity contribution in [1.29, 1.82) is 0 Å². The van der Waals surface area contributed by atoms with Crippen molar-refractivity contribution < 1.29 is 0 Å². The van der Waals surface area contributed by atoms with E-state index in [0.29, 0.717) is 5.92 Å². The zero-order valence-electron chi connectivity index (χ0n) is 14.2. The largest absolute Gasteiger partial charge is 0.0958 e. The average Bonchev–Trinajstić information content (AvgIpc) is 2.43. The molecule has 1 aromatic rings. The second-order valence-electron chi connectivity index (χ2n) is 6.20. The summed E-state index contributed by atoms with van der Waals surface area (Å²) in [5, 5.41) is 0. The minimum absolute atomic E-state index is 0.559. The van der Waals surface area contributed by atoms with Gasteiger partial charge in [-0.3, -0.25) is 0 Å². The summed E-state index contributed by atoms with van der Waals surface area (Å²) in [4.78, 5) is 0. The fourth-order valence-corrected chi connectivity index (χ4v) is 2.54. The van der Waals surface area contributed by atoms with Crippen molar-refractivity contribution in [1.82, 2.24) is 0 Å². The first-order valence-electron chi connectivity index (χ1n) is 8.04. The topological polar surface area (TPSA) is 0 Å². The molecular weight excluding hydrogens is 252 g/mol. The molecule has 0 saturated carbocycles. The summed E-state index contributed by atoms with van der Waals surface area (Å²) in [5.41, 5.74) is 6.46. The van der Waals surface area contributed by atoms with Gasteiger partial charge in [0.15, 0.2) is 0 Å². The number of rotatable bonds is 8. The minimum Gasteiger partial charge on any atom is -0.0958 e. The molecule has 0 aliphatic heterocycles. The first-order valence-corrected chi connectivity index (χ1v) is 8.04. The molecule has 0 heterocycles. The normalized spacial score (nSPS) is 13.0. The van der Waals surface area contributed by atoms with Crippen molar-refractivity contribution in [3.8, 4) is 0 Å². The van der Waals surface area contributed by atoms with E-state index in [4.69, 9.17) is 0 Å². The van der Waals surface area contributed by atoms with Crippen LogP contribution in [0, 0.1) is 12.8 Å². The Balaban J connectivity index is 2.74. The van der Waals surface area contributed by atoms with Crippen LogP contribution in [0.4, 0.5) is 0 Å². The van der Waals surface area contributed by atoms with Crippen LogP contribution in [0.25, 0.3) is 0 Å². The molecule has 1 rings (SSSR count). The Bertz CT molecular complexity index is 517. The van der Waals surface area contributed by atoms with Gasteiger partial charge >= 0.3 is 0 Å². The lowest BCUT2D eigenvalue weighted by molar-refractivity contribution is 0.613. The van der Waals surface area contributed by atoms with Crippen LogP contribution in [-0.4, -0.2) is 0 Å². The second-order valence-corrected chi connectivity index (χ2v) is 6.20. The number of benzene rings is 1. The third kappa shape index (κ3) is 6.16. The van der Waals surface area contributed by atoms with Gasteiger partial charge in [0.25, 0.3) is 0 Å². The Morgan fingerprint density at radius 1 is 1.29 bits per heavy atom. The molecule has 0 saturated heterocycles. The van der Waals surface area contributed by atoms with Crippen molar-refractivity contribution in [3.63, 3.8) is 0 Å². The second kappa shape index (κ2) is 8.67. The van der Waals surface area contributed by atoms with Crippen LogP contribution in [0.3, 0.4) is 0 Å². The van der Waals surface area contributed by atoms with E-state index in [-0.39, 0.29) is 0 Å². The van der Waals surface area contributed by atoms with Crippen LogP contribution in [0.1, 0.15) is 51.2 Å². The number of hydrogen-bond donors (Lipinski definition) is 0. The monoisotopic (exact) mass is 282 g/mol. The highest BCUT2D eigenvalue weighted by atomic mass is 14.1. The molecule has 0 fully saturated rings. The highest BCUT2D eigenvalue weighted by molar-refractivity contribution is 5.35. The Kier molecular flexibility index (Phi) is 7.22. The molecule has 0 aliphatic rings. The van der Waals surface area contributed by atoms with Crippen LogP contribution in [0.5, 0.6) is 0 Å². The van der Waals surface area contributed by atoms with E-state index in [0.717, 1.165) is 18.4 Å². The number of hydrogen-bond acceptors (Lipinski definition) is 0. The Morgan fingerprint density at radius 2 is 2.00 bits per heavy atom. The van der Waals surface area contributed by atoms with Gasteiger partial charge < -0.3 is 0 Å². The molecule has 1 atom stereocenters. The maximum atomic E-state index is 4.25. The van der Waals surface area contributed by atoms with E-state index >= 15 is 0 Å². The molecular formula is C21H30. The van der Waals surface area contributed by atoms with Gasteiger partial charge in [-0.05, 0) is 50.2 Å². The highest BCUT2D eigenvalue weighted by Crippen LogP contribution is 2.22. The smallest absolute Gasteiger partial charge is 0.0196 e. The van der Waals surface area contributed by atoms with E-state index in [1.54, 1.807) is 0 Å². The summed E-state index contributed by atoms with van der Waals surface area (Å²) in [5.74, 6) is 0.559.